The molecule has 120 valence electrons. The van der Waals surface area contributed by atoms with Gasteiger partial charge in [-0.2, -0.15) is 0 Å². The summed E-state index contributed by atoms with van der Waals surface area (Å²) in [4.78, 5) is 26.1. The molecule has 0 spiro atoms. The molecule has 4 nitrogen and oxygen atoms in total. The predicted molar refractivity (Wildman–Crippen MR) is 88.3 cm³/mol. The molecule has 1 aromatic carbocycles. The van der Waals surface area contributed by atoms with E-state index in [0.717, 1.165) is 4.90 Å². The normalized spacial score (nSPS) is 21.6. The van der Waals surface area contributed by atoms with Gasteiger partial charge in [-0.15, -0.1) is 11.8 Å². The minimum absolute atomic E-state index is 0.0253. The molecule has 1 N–H and O–H groups in total. The average molecular weight is 342 g/mol. The first-order valence-electron chi connectivity index (χ1n) is 7.35. The van der Waals surface area contributed by atoms with Gasteiger partial charge in [0.25, 0.3) is 0 Å². The minimum atomic E-state index is -0.810. The number of aliphatic carboxylic acids is 1. The first-order chi connectivity index (χ1) is 10.5. The first kappa shape index (κ1) is 17.2. The maximum Gasteiger partial charge on any atom is 0.308 e. The van der Waals surface area contributed by atoms with Crippen LogP contribution in [0.25, 0.3) is 0 Å². The number of carbonyl (C=O) groups excluding carboxylic acids is 1. The Balaban J connectivity index is 1.84. The number of carboxylic acid groups (broad SMARTS) is 1. The lowest BCUT2D eigenvalue weighted by Gasteiger charge is -2.34. The maximum absolute atomic E-state index is 12.3. The Kier molecular flexibility index (Phi) is 6.15. The van der Waals surface area contributed by atoms with Gasteiger partial charge in [0, 0.05) is 30.2 Å². The van der Waals surface area contributed by atoms with E-state index < -0.39 is 11.9 Å². The van der Waals surface area contributed by atoms with Gasteiger partial charge >= 0.3 is 5.97 Å². The van der Waals surface area contributed by atoms with E-state index >= 15 is 0 Å². The molecule has 2 atom stereocenters. The molecular formula is C16H20ClNO3S. The molecule has 1 heterocycles. The van der Waals surface area contributed by atoms with Crippen LogP contribution in [0.5, 0.6) is 0 Å². The fraction of sp³-hybridized carbons (Fsp3) is 0.500. The highest BCUT2D eigenvalue weighted by atomic mass is 35.5. The minimum Gasteiger partial charge on any atom is -0.481 e. The summed E-state index contributed by atoms with van der Waals surface area (Å²) in [6.45, 7) is 2.97. The second-order valence-electron chi connectivity index (χ2n) is 5.70. The number of hydrogen-bond donors (Lipinski definition) is 1. The molecule has 0 aliphatic carbocycles. The van der Waals surface area contributed by atoms with Crippen LogP contribution in [0.15, 0.2) is 29.2 Å². The lowest BCUT2D eigenvalue weighted by molar-refractivity contribution is -0.146. The summed E-state index contributed by atoms with van der Waals surface area (Å²) in [5.74, 6) is -0.350. The van der Waals surface area contributed by atoms with Crippen LogP contribution in [0.1, 0.15) is 19.8 Å². The number of carbonyl (C=O) groups is 2. The van der Waals surface area contributed by atoms with Gasteiger partial charge in [0.1, 0.15) is 0 Å². The topological polar surface area (TPSA) is 57.6 Å². The van der Waals surface area contributed by atoms with Crippen LogP contribution in [0.4, 0.5) is 0 Å². The molecule has 2 unspecified atom stereocenters. The second kappa shape index (κ2) is 7.88. The van der Waals surface area contributed by atoms with Crippen molar-refractivity contribution in [1.82, 2.24) is 4.90 Å². The van der Waals surface area contributed by atoms with Crippen molar-refractivity contribution in [2.45, 2.75) is 24.7 Å². The van der Waals surface area contributed by atoms with Gasteiger partial charge in [-0.3, -0.25) is 9.59 Å². The summed E-state index contributed by atoms with van der Waals surface area (Å²) < 4.78 is 0. The molecule has 1 amide bonds. The third kappa shape index (κ3) is 4.65. The molecule has 1 aromatic rings. The number of benzene rings is 1. The number of nitrogens with zero attached hydrogens (tertiary/aromatic N) is 1. The third-order valence-corrected chi connectivity index (χ3v) is 5.29. The van der Waals surface area contributed by atoms with Crippen LogP contribution < -0.4 is 0 Å². The molecule has 6 heteroatoms. The third-order valence-electron chi connectivity index (χ3n) is 3.77. The van der Waals surface area contributed by atoms with Crippen molar-refractivity contribution in [2.75, 3.05) is 18.8 Å². The number of amides is 1. The lowest BCUT2D eigenvalue weighted by Crippen LogP contribution is -2.45. The van der Waals surface area contributed by atoms with E-state index in [2.05, 4.69) is 0 Å². The molecule has 0 saturated carbocycles. The smallest absolute Gasteiger partial charge is 0.308 e. The van der Waals surface area contributed by atoms with Crippen LogP contribution in [0.2, 0.25) is 5.02 Å². The van der Waals surface area contributed by atoms with E-state index in [1.165, 1.54) is 0 Å². The Labute approximate surface area is 139 Å². The number of likely N-dealkylation sites (tertiary alicyclic amines) is 1. The highest BCUT2D eigenvalue weighted by Gasteiger charge is 2.31. The van der Waals surface area contributed by atoms with Crippen molar-refractivity contribution in [2.24, 2.45) is 11.8 Å². The number of thioether (sulfide) groups is 1. The number of rotatable bonds is 5. The van der Waals surface area contributed by atoms with Gasteiger partial charge in [-0.25, -0.2) is 0 Å². The Bertz CT molecular complexity index is 552. The lowest BCUT2D eigenvalue weighted by atomic mass is 9.90. The van der Waals surface area contributed by atoms with Crippen molar-refractivity contribution in [3.63, 3.8) is 0 Å². The average Bonchev–Trinajstić information content (AvgIpc) is 2.48. The molecule has 1 aliphatic heterocycles. The zero-order valence-corrected chi connectivity index (χ0v) is 14.1. The van der Waals surface area contributed by atoms with E-state index in [0.29, 0.717) is 36.7 Å². The fourth-order valence-electron chi connectivity index (χ4n) is 2.70. The van der Waals surface area contributed by atoms with Gasteiger partial charge in [0.2, 0.25) is 5.91 Å². The van der Waals surface area contributed by atoms with E-state index in [4.69, 9.17) is 16.7 Å². The SMILES string of the molecule is CC1CC(C(=O)O)CN(C(=O)CCSc2ccccc2Cl)C1. The van der Waals surface area contributed by atoms with E-state index in [1.807, 2.05) is 31.2 Å². The van der Waals surface area contributed by atoms with Gasteiger partial charge in [-0.05, 0) is 24.5 Å². The summed E-state index contributed by atoms with van der Waals surface area (Å²) in [7, 11) is 0. The standard InChI is InChI=1S/C16H20ClNO3S/c1-11-8-12(16(20)21)10-18(9-11)15(19)6-7-22-14-5-3-2-4-13(14)17/h2-5,11-12H,6-10H2,1H3,(H,20,21). The Morgan fingerprint density at radius 2 is 2.09 bits per heavy atom. The van der Waals surface area contributed by atoms with Crippen molar-refractivity contribution in [3.8, 4) is 0 Å². The number of halogens is 1. The van der Waals surface area contributed by atoms with Crippen LogP contribution in [-0.2, 0) is 9.59 Å². The van der Waals surface area contributed by atoms with Gasteiger partial charge < -0.3 is 10.0 Å². The molecule has 2 rings (SSSR count). The monoisotopic (exact) mass is 341 g/mol. The Hall–Kier alpha value is -1.20. The quantitative estimate of drug-likeness (QED) is 0.834. The predicted octanol–water partition coefficient (Wildman–Crippen LogP) is 3.39. The van der Waals surface area contributed by atoms with E-state index in [9.17, 15) is 9.59 Å². The summed E-state index contributed by atoms with van der Waals surface area (Å²) in [5, 5.41) is 9.85. The highest BCUT2D eigenvalue weighted by Crippen LogP contribution is 2.28. The second-order valence-corrected chi connectivity index (χ2v) is 7.25. The van der Waals surface area contributed by atoms with Crippen LogP contribution in [0, 0.1) is 11.8 Å². The van der Waals surface area contributed by atoms with Gasteiger partial charge in [0.15, 0.2) is 0 Å². The zero-order chi connectivity index (χ0) is 16.1. The summed E-state index contributed by atoms with van der Waals surface area (Å²) in [6, 6.07) is 7.55. The van der Waals surface area contributed by atoms with Crippen molar-refractivity contribution < 1.29 is 14.7 Å². The van der Waals surface area contributed by atoms with Crippen molar-refractivity contribution >= 4 is 35.2 Å². The molecule has 1 aliphatic rings. The van der Waals surface area contributed by atoms with Crippen molar-refractivity contribution in [3.05, 3.63) is 29.3 Å². The maximum atomic E-state index is 12.3. The summed E-state index contributed by atoms with van der Waals surface area (Å²) >= 11 is 7.63. The fourth-order valence-corrected chi connectivity index (χ4v) is 3.88. The van der Waals surface area contributed by atoms with Gasteiger partial charge in [-0.1, -0.05) is 30.7 Å². The van der Waals surface area contributed by atoms with Crippen LogP contribution in [0.3, 0.4) is 0 Å². The van der Waals surface area contributed by atoms with Gasteiger partial charge in [0.05, 0.1) is 10.9 Å². The van der Waals surface area contributed by atoms with Crippen LogP contribution >= 0.6 is 23.4 Å². The number of carboxylic acids is 1. The summed E-state index contributed by atoms with van der Waals surface area (Å²) in [5.41, 5.74) is 0. The number of hydrogen-bond acceptors (Lipinski definition) is 3. The number of piperidine rings is 1. The molecule has 0 bridgehead atoms. The Morgan fingerprint density at radius 1 is 1.36 bits per heavy atom. The largest absolute Gasteiger partial charge is 0.481 e. The first-order valence-corrected chi connectivity index (χ1v) is 8.71. The molecule has 1 fully saturated rings. The van der Waals surface area contributed by atoms with Crippen LogP contribution in [-0.4, -0.2) is 40.7 Å². The molecule has 1 saturated heterocycles. The highest BCUT2D eigenvalue weighted by molar-refractivity contribution is 7.99. The van der Waals surface area contributed by atoms with E-state index in [-0.39, 0.29) is 11.8 Å². The molecule has 22 heavy (non-hydrogen) atoms. The van der Waals surface area contributed by atoms with E-state index in [1.54, 1.807) is 16.7 Å². The molecule has 0 aromatic heterocycles. The van der Waals surface area contributed by atoms with Crippen molar-refractivity contribution in [1.29, 1.82) is 0 Å². The summed E-state index contributed by atoms with van der Waals surface area (Å²) in [6.07, 6.45) is 1.04. The Morgan fingerprint density at radius 3 is 2.77 bits per heavy atom. The molecule has 0 radical (unpaired) electrons. The molecular weight excluding hydrogens is 322 g/mol. The zero-order valence-electron chi connectivity index (χ0n) is 12.5.